The van der Waals surface area contributed by atoms with Crippen LogP contribution < -0.4 is 10.7 Å². The van der Waals surface area contributed by atoms with Gasteiger partial charge in [0.05, 0.1) is 11.9 Å². The van der Waals surface area contributed by atoms with E-state index in [4.69, 9.17) is 0 Å². The Morgan fingerprint density at radius 3 is 2.47 bits per heavy atom. The van der Waals surface area contributed by atoms with Crippen molar-refractivity contribution in [3.05, 3.63) is 95.6 Å². The quantitative estimate of drug-likeness (QED) is 0.286. The van der Waals surface area contributed by atoms with Crippen molar-refractivity contribution in [2.24, 2.45) is 5.10 Å². The lowest BCUT2D eigenvalue weighted by Crippen LogP contribution is -2.32. The van der Waals surface area contributed by atoms with Gasteiger partial charge in [-0.1, -0.05) is 48.5 Å². The van der Waals surface area contributed by atoms with Gasteiger partial charge in [0.15, 0.2) is 0 Å². The van der Waals surface area contributed by atoms with E-state index in [9.17, 15) is 14.0 Å². The second kappa shape index (κ2) is 8.85. The molecular formula is C25H21FN4O2. The maximum absolute atomic E-state index is 14.2. The summed E-state index contributed by atoms with van der Waals surface area (Å²) in [7, 11) is 0. The molecule has 6 nitrogen and oxygen atoms in total. The number of nitrogens with one attached hydrogen (secondary N) is 2. The number of halogens is 1. The van der Waals surface area contributed by atoms with Crippen molar-refractivity contribution >= 4 is 34.5 Å². The van der Waals surface area contributed by atoms with Crippen LogP contribution in [0.2, 0.25) is 0 Å². The van der Waals surface area contributed by atoms with E-state index in [0.29, 0.717) is 16.9 Å². The molecule has 0 aliphatic heterocycles. The van der Waals surface area contributed by atoms with Crippen LogP contribution in [0.25, 0.3) is 16.5 Å². The molecule has 0 saturated carbocycles. The summed E-state index contributed by atoms with van der Waals surface area (Å²) in [4.78, 5) is 24.5. The number of hydrogen-bond acceptors (Lipinski definition) is 3. The van der Waals surface area contributed by atoms with Crippen molar-refractivity contribution < 1.29 is 14.0 Å². The number of hydrogen-bond donors (Lipinski definition) is 2. The van der Waals surface area contributed by atoms with Crippen molar-refractivity contribution in [2.75, 3.05) is 5.32 Å². The second-order valence-corrected chi connectivity index (χ2v) is 7.29. The number of anilines is 1. The van der Waals surface area contributed by atoms with Gasteiger partial charge in [0.2, 0.25) is 0 Å². The molecule has 1 aromatic heterocycles. The van der Waals surface area contributed by atoms with Crippen LogP contribution in [0.4, 0.5) is 10.1 Å². The number of fused-ring (bicyclic) bond motifs is 1. The standard InChI is InChI=1S/C25H21FN4O2/c1-16-14-19(17(2)30(16)23-13-6-5-11-21(23)26)15-27-29-25(32)24(31)28-22-12-7-9-18-8-3-4-10-20(18)22/h3-15H,1-2H3,(H,28,31)(H,29,32)/b27-15-. The van der Waals surface area contributed by atoms with E-state index in [1.165, 1.54) is 12.3 Å². The molecule has 0 aliphatic carbocycles. The molecular weight excluding hydrogens is 407 g/mol. The maximum atomic E-state index is 14.2. The number of rotatable bonds is 4. The van der Waals surface area contributed by atoms with Gasteiger partial charge in [-0.15, -0.1) is 0 Å². The number of carbonyl (C=O) groups excluding carboxylic acids is 2. The van der Waals surface area contributed by atoms with Gasteiger partial charge >= 0.3 is 11.8 Å². The van der Waals surface area contributed by atoms with Gasteiger partial charge in [0.25, 0.3) is 0 Å². The molecule has 7 heteroatoms. The molecule has 0 bridgehead atoms. The first-order valence-corrected chi connectivity index (χ1v) is 10.0. The molecule has 4 aromatic rings. The van der Waals surface area contributed by atoms with Crippen LogP contribution in [0, 0.1) is 19.7 Å². The van der Waals surface area contributed by atoms with Crippen LogP contribution in [0.5, 0.6) is 0 Å². The van der Waals surface area contributed by atoms with Crippen LogP contribution in [0.15, 0.2) is 77.9 Å². The Kier molecular flexibility index (Phi) is 5.81. The Balaban J connectivity index is 1.46. The van der Waals surface area contributed by atoms with Gasteiger partial charge in [-0.2, -0.15) is 5.10 Å². The first kappa shape index (κ1) is 21.0. The number of para-hydroxylation sites is 1. The molecule has 0 radical (unpaired) electrons. The van der Waals surface area contributed by atoms with Crippen LogP contribution in [-0.2, 0) is 9.59 Å². The molecule has 32 heavy (non-hydrogen) atoms. The van der Waals surface area contributed by atoms with E-state index in [1.54, 1.807) is 34.9 Å². The van der Waals surface area contributed by atoms with Crippen LogP contribution in [0.1, 0.15) is 17.0 Å². The van der Waals surface area contributed by atoms with Crippen molar-refractivity contribution in [3.63, 3.8) is 0 Å². The maximum Gasteiger partial charge on any atom is 0.329 e. The number of nitrogens with zero attached hydrogens (tertiary/aromatic N) is 2. The van der Waals surface area contributed by atoms with Crippen LogP contribution in [0.3, 0.4) is 0 Å². The average molecular weight is 428 g/mol. The van der Waals surface area contributed by atoms with E-state index in [0.717, 1.165) is 22.2 Å². The molecule has 2 amide bonds. The summed E-state index contributed by atoms with van der Waals surface area (Å²) in [6.07, 6.45) is 1.43. The third kappa shape index (κ3) is 4.13. The molecule has 0 atom stereocenters. The van der Waals surface area contributed by atoms with Crippen molar-refractivity contribution in [2.45, 2.75) is 13.8 Å². The molecule has 4 rings (SSSR count). The molecule has 0 fully saturated rings. The van der Waals surface area contributed by atoms with Crippen LogP contribution >= 0.6 is 0 Å². The third-order valence-corrected chi connectivity index (χ3v) is 5.18. The van der Waals surface area contributed by atoms with Gasteiger partial charge in [-0.05, 0) is 43.5 Å². The molecule has 2 N–H and O–H groups in total. The lowest BCUT2D eigenvalue weighted by molar-refractivity contribution is -0.136. The topological polar surface area (TPSA) is 75.5 Å². The number of hydrazone groups is 1. The van der Waals surface area contributed by atoms with E-state index >= 15 is 0 Å². The lowest BCUT2D eigenvalue weighted by Gasteiger charge is -2.10. The summed E-state index contributed by atoms with van der Waals surface area (Å²) in [6, 6.07) is 21.3. The predicted octanol–water partition coefficient (Wildman–Crippen LogP) is 4.48. The number of aromatic nitrogens is 1. The number of benzene rings is 3. The summed E-state index contributed by atoms with van der Waals surface area (Å²) < 4.78 is 16.0. The molecule has 1 heterocycles. The van der Waals surface area contributed by atoms with Gasteiger partial charge < -0.3 is 9.88 Å². The largest absolute Gasteiger partial charge is 0.329 e. The minimum absolute atomic E-state index is 0.337. The number of aryl methyl sites for hydroxylation is 1. The van der Waals surface area contributed by atoms with E-state index in [-0.39, 0.29) is 5.82 Å². The van der Waals surface area contributed by atoms with Crippen molar-refractivity contribution in [1.82, 2.24) is 9.99 Å². The highest BCUT2D eigenvalue weighted by atomic mass is 19.1. The molecule has 3 aromatic carbocycles. The fourth-order valence-electron chi connectivity index (χ4n) is 3.65. The SMILES string of the molecule is Cc1cc(/C=N\NC(=O)C(=O)Nc2cccc3ccccc23)c(C)n1-c1ccccc1F. The summed E-state index contributed by atoms with van der Waals surface area (Å²) in [5, 5.41) is 8.31. The molecule has 0 aliphatic rings. The zero-order valence-electron chi connectivity index (χ0n) is 17.6. The van der Waals surface area contributed by atoms with Gasteiger partial charge in [-0.3, -0.25) is 9.59 Å². The predicted molar refractivity (Wildman–Crippen MR) is 124 cm³/mol. The van der Waals surface area contributed by atoms with E-state index < -0.39 is 11.8 Å². The summed E-state index contributed by atoms with van der Waals surface area (Å²) in [5.41, 5.74) is 5.48. The van der Waals surface area contributed by atoms with Gasteiger partial charge in [0.1, 0.15) is 5.82 Å². The highest BCUT2D eigenvalue weighted by molar-refractivity contribution is 6.40. The fraction of sp³-hybridized carbons (Fsp3) is 0.0800. The Labute approximate surface area is 184 Å². The number of amides is 2. The molecule has 0 unspecified atom stereocenters. The van der Waals surface area contributed by atoms with E-state index in [1.807, 2.05) is 50.2 Å². The third-order valence-electron chi connectivity index (χ3n) is 5.18. The van der Waals surface area contributed by atoms with E-state index in [2.05, 4.69) is 15.8 Å². The summed E-state index contributed by atoms with van der Waals surface area (Å²) in [5.74, 6) is -2.05. The summed E-state index contributed by atoms with van der Waals surface area (Å²) >= 11 is 0. The first-order valence-electron chi connectivity index (χ1n) is 10.0. The average Bonchev–Trinajstić information content (AvgIpc) is 3.07. The first-order chi connectivity index (χ1) is 15.5. The Morgan fingerprint density at radius 1 is 0.938 bits per heavy atom. The highest BCUT2D eigenvalue weighted by Gasteiger charge is 2.15. The molecule has 0 saturated heterocycles. The van der Waals surface area contributed by atoms with Crippen molar-refractivity contribution in [3.8, 4) is 5.69 Å². The highest BCUT2D eigenvalue weighted by Crippen LogP contribution is 2.23. The van der Waals surface area contributed by atoms with Gasteiger partial charge in [0, 0.05) is 28.0 Å². The Bertz CT molecular complexity index is 1350. The summed E-state index contributed by atoms with van der Waals surface area (Å²) in [6.45, 7) is 3.68. The zero-order valence-corrected chi connectivity index (χ0v) is 17.6. The van der Waals surface area contributed by atoms with Crippen molar-refractivity contribution in [1.29, 1.82) is 0 Å². The smallest absolute Gasteiger partial charge is 0.317 e. The normalized spacial score (nSPS) is 11.1. The monoisotopic (exact) mass is 428 g/mol. The zero-order chi connectivity index (χ0) is 22.7. The number of carbonyl (C=O) groups is 2. The molecule has 0 spiro atoms. The minimum Gasteiger partial charge on any atom is -0.317 e. The Hall–Kier alpha value is -4.26. The van der Waals surface area contributed by atoms with Crippen LogP contribution in [-0.4, -0.2) is 22.6 Å². The minimum atomic E-state index is -0.892. The lowest BCUT2D eigenvalue weighted by atomic mass is 10.1. The second-order valence-electron chi connectivity index (χ2n) is 7.29. The molecule has 160 valence electrons. The Morgan fingerprint density at radius 2 is 1.66 bits per heavy atom. The fourth-order valence-corrected chi connectivity index (χ4v) is 3.65. The van der Waals surface area contributed by atoms with Gasteiger partial charge in [-0.25, -0.2) is 9.82 Å².